The van der Waals surface area contributed by atoms with Crippen LogP contribution < -0.4 is 0 Å². The molecule has 0 spiro atoms. The molecule has 114 valence electrons. The molecule has 2 rings (SSSR count). The van der Waals surface area contributed by atoms with Crippen LogP contribution in [0.1, 0.15) is 59.3 Å². The molecule has 0 bridgehead atoms. The second-order valence-electron chi connectivity index (χ2n) is 7.30. The van der Waals surface area contributed by atoms with Crippen molar-refractivity contribution in [3.63, 3.8) is 0 Å². The minimum absolute atomic E-state index is 0.186. The van der Waals surface area contributed by atoms with Gasteiger partial charge in [0.2, 0.25) is 0 Å². The van der Waals surface area contributed by atoms with E-state index in [0.717, 1.165) is 12.8 Å². The average molecular weight is 281 g/mol. The third-order valence-electron chi connectivity index (χ3n) is 4.75. The number of carbonyl (C=O) groups excluding carboxylic acids is 2. The summed E-state index contributed by atoms with van der Waals surface area (Å²) in [5.74, 6) is 0.529. The van der Waals surface area contributed by atoms with Crippen LogP contribution in [0, 0.1) is 11.3 Å². The van der Waals surface area contributed by atoms with Gasteiger partial charge >= 0.3 is 6.09 Å². The molecular formula is C16H27NO3. The molecular weight excluding hydrogens is 254 g/mol. The van der Waals surface area contributed by atoms with Gasteiger partial charge in [0.1, 0.15) is 11.9 Å². The van der Waals surface area contributed by atoms with Crippen LogP contribution in [0.2, 0.25) is 0 Å². The molecule has 20 heavy (non-hydrogen) atoms. The first-order valence-electron chi connectivity index (χ1n) is 7.81. The van der Waals surface area contributed by atoms with Crippen molar-refractivity contribution in [2.24, 2.45) is 11.3 Å². The van der Waals surface area contributed by atoms with Crippen molar-refractivity contribution in [3.05, 3.63) is 0 Å². The van der Waals surface area contributed by atoms with Gasteiger partial charge in [-0.25, -0.2) is 4.79 Å². The average Bonchev–Trinajstić information content (AvgIpc) is 2.91. The Labute approximate surface area is 121 Å². The molecule has 0 atom stereocenters. The van der Waals surface area contributed by atoms with E-state index in [9.17, 15) is 9.59 Å². The van der Waals surface area contributed by atoms with Crippen LogP contribution in [0.3, 0.4) is 0 Å². The number of ether oxygens (including phenoxy) is 1. The highest BCUT2D eigenvalue weighted by atomic mass is 16.6. The van der Waals surface area contributed by atoms with E-state index in [0.29, 0.717) is 19.0 Å². The van der Waals surface area contributed by atoms with E-state index in [1.54, 1.807) is 4.90 Å². The van der Waals surface area contributed by atoms with Gasteiger partial charge in [-0.15, -0.1) is 0 Å². The van der Waals surface area contributed by atoms with Crippen molar-refractivity contribution in [2.75, 3.05) is 13.1 Å². The topological polar surface area (TPSA) is 46.6 Å². The molecule has 1 amide bonds. The molecule has 0 unspecified atom stereocenters. The molecule has 0 aromatic heterocycles. The standard InChI is InChI=1S/C16H27NO3/c1-15(2,3)20-14(19)17-10-8-16(12-18,9-11-17)13-6-4-5-7-13/h12-13H,4-11H2,1-3H3. The number of amides is 1. The summed E-state index contributed by atoms with van der Waals surface area (Å²) in [6, 6.07) is 0. The second-order valence-corrected chi connectivity index (χ2v) is 7.30. The summed E-state index contributed by atoms with van der Waals surface area (Å²) in [4.78, 5) is 25.4. The van der Waals surface area contributed by atoms with Crippen molar-refractivity contribution >= 4 is 12.4 Å². The Hall–Kier alpha value is -1.06. The molecule has 0 aromatic carbocycles. The summed E-state index contributed by atoms with van der Waals surface area (Å²) in [6.45, 7) is 6.92. The van der Waals surface area contributed by atoms with Crippen molar-refractivity contribution < 1.29 is 14.3 Å². The Kier molecular flexibility index (Phi) is 4.40. The van der Waals surface area contributed by atoms with E-state index in [4.69, 9.17) is 4.74 Å². The summed E-state index contributed by atoms with van der Waals surface area (Å²) in [7, 11) is 0. The first kappa shape index (κ1) is 15.3. The number of likely N-dealkylation sites (tertiary alicyclic amines) is 1. The van der Waals surface area contributed by atoms with Gasteiger partial charge in [-0.05, 0) is 52.4 Å². The first-order valence-corrected chi connectivity index (χ1v) is 7.81. The van der Waals surface area contributed by atoms with Crippen molar-refractivity contribution in [2.45, 2.75) is 64.9 Å². The summed E-state index contributed by atoms with van der Waals surface area (Å²) in [5, 5.41) is 0. The van der Waals surface area contributed by atoms with Gasteiger partial charge in [-0.2, -0.15) is 0 Å². The summed E-state index contributed by atoms with van der Waals surface area (Å²) < 4.78 is 5.40. The number of hydrogen-bond acceptors (Lipinski definition) is 3. The molecule has 1 aliphatic carbocycles. The predicted octanol–water partition coefficient (Wildman–Crippen LogP) is 3.39. The van der Waals surface area contributed by atoms with Crippen LogP contribution in [0.5, 0.6) is 0 Å². The third kappa shape index (κ3) is 3.33. The number of aldehydes is 1. The number of piperidine rings is 1. The number of rotatable bonds is 2. The fourth-order valence-corrected chi connectivity index (χ4v) is 3.56. The van der Waals surface area contributed by atoms with Gasteiger partial charge in [0.15, 0.2) is 0 Å². The smallest absolute Gasteiger partial charge is 0.410 e. The molecule has 0 radical (unpaired) electrons. The zero-order valence-corrected chi connectivity index (χ0v) is 13.0. The SMILES string of the molecule is CC(C)(C)OC(=O)N1CCC(C=O)(C2CCCC2)CC1. The molecule has 2 fully saturated rings. The fraction of sp³-hybridized carbons (Fsp3) is 0.875. The van der Waals surface area contributed by atoms with E-state index in [2.05, 4.69) is 0 Å². The van der Waals surface area contributed by atoms with Gasteiger partial charge in [-0.3, -0.25) is 0 Å². The van der Waals surface area contributed by atoms with E-state index >= 15 is 0 Å². The van der Waals surface area contributed by atoms with Gasteiger partial charge in [0, 0.05) is 18.5 Å². The Morgan fingerprint density at radius 2 is 1.75 bits per heavy atom. The molecule has 4 nitrogen and oxygen atoms in total. The van der Waals surface area contributed by atoms with Crippen LogP contribution in [0.4, 0.5) is 4.79 Å². The van der Waals surface area contributed by atoms with Gasteiger partial charge in [0.25, 0.3) is 0 Å². The van der Waals surface area contributed by atoms with Gasteiger partial charge < -0.3 is 14.4 Å². The second kappa shape index (κ2) is 5.74. The molecule has 1 heterocycles. The maximum Gasteiger partial charge on any atom is 0.410 e. The first-order chi connectivity index (χ1) is 9.36. The van der Waals surface area contributed by atoms with Gasteiger partial charge in [-0.1, -0.05) is 12.8 Å². The van der Waals surface area contributed by atoms with Crippen molar-refractivity contribution in [1.82, 2.24) is 4.90 Å². The maximum atomic E-state index is 12.0. The lowest BCUT2D eigenvalue weighted by atomic mass is 9.69. The lowest BCUT2D eigenvalue weighted by molar-refractivity contribution is -0.122. The zero-order chi connectivity index (χ0) is 14.8. The zero-order valence-electron chi connectivity index (χ0n) is 13.0. The summed E-state index contributed by atoms with van der Waals surface area (Å²) in [6.07, 6.45) is 7.35. The highest BCUT2D eigenvalue weighted by Crippen LogP contribution is 2.45. The van der Waals surface area contributed by atoms with Crippen LogP contribution in [-0.4, -0.2) is 36.0 Å². The lowest BCUT2D eigenvalue weighted by Crippen LogP contribution is -2.47. The van der Waals surface area contributed by atoms with Crippen LogP contribution in [-0.2, 0) is 9.53 Å². The number of nitrogens with zero attached hydrogens (tertiary/aromatic N) is 1. The summed E-state index contributed by atoms with van der Waals surface area (Å²) >= 11 is 0. The quantitative estimate of drug-likeness (QED) is 0.729. The molecule has 1 saturated heterocycles. The molecule has 1 aliphatic heterocycles. The molecule has 0 aromatic rings. The van der Waals surface area contributed by atoms with E-state index < -0.39 is 5.60 Å². The van der Waals surface area contributed by atoms with Crippen molar-refractivity contribution in [3.8, 4) is 0 Å². The maximum absolute atomic E-state index is 12.0. The van der Waals surface area contributed by atoms with Crippen molar-refractivity contribution in [1.29, 1.82) is 0 Å². The minimum atomic E-state index is -0.457. The Morgan fingerprint density at radius 1 is 1.20 bits per heavy atom. The molecule has 2 aliphatic rings. The molecule has 1 saturated carbocycles. The Balaban J connectivity index is 1.93. The van der Waals surface area contributed by atoms with Crippen LogP contribution in [0.25, 0.3) is 0 Å². The minimum Gasteiger partial charge on any atom is -0.444 e. The third-order valence-corrected chi connectivity index (χ3v) is 4.75. The Morgan fingerprint density at radius 3 is 2.20 bits per heavy atom. The predicted molar refractivity (Wildman–Crippen MR) is 77.5 cm³/mol. The monoisotopic (exact) mass is 281 g/mol. The highest BCUT2D eigenvalue weighted by Gasteiger charge is 2.43. The van der Waals surface area contributed by atoms with Crippen LogP contribution >= 0.6 is 0 Å². The molecule has 0 N–H and O–H groups in total. The lowest BCUT2D eigenvalue weighted by Gasteiger charge is -2.42. The number of carbonyl (C=O) groups is 2. The normalized spacial score (nSPS) is 23.6. The highest BCUT2D eigenvalue weighted by molar-refractivity contribution is 5.69. The summed E-state index contributed by atoms with van der Waals surface area (Å²) in [5.41, 5.74) is -0.642. The number of hydrogen-bond donors (Lipinski definition) is 0. The van der Waals surface area contributed by atoms with Gasteiger partial charge in [0.05, 0.1) is 0 Å². The Bertz CT molecular complexity index is 358. The van der Waals surface area contributed by atoms with E-state index in [1.165, 1.54) is 32.0 Å². The fourth-order valence-electron chi connectivity index (χ4n) is 3.56. The van der Waals surface area contributed by atoms with E-state index in [-0.39, 0.29) is 11.5 Å². The molecule has 4 heteroatoms. The van der Waals surface area contributed by atoms with E-state index in [1.807, 2.05) is 20.8 Å². The largest absolute Gasteiger partial charge is 0.444 e. The van der Waals surface area contributed by atoms with Crippen LogP contribution in [0.15, 0.2) is 0 Å².